The lowest BCUT2D eigenvalue weighted by Gasteiger charge is -2.43. The van der Waals surface area contributed by atoms with Crippen LogP contribution in [0.3, 0.4) is 0 Å². The molecule has 1 saturated heterocycles. The molecule has 3 aromatic carbocycles. The van der Waals surface area contributed by atoms with Gasteiger partial charge >= 0.3 is 4.87 Å². The highest BCUT2D eigenvalue weighted by molar-refractivity contribution is 8.00. The third kappa shape index (κ3) is 4.90. The third-order valence-electron chi connectivity index (χ3n) is 10.3. The third-order valence-corrected chi connectivity index (χ3v) is 12.8. The maximum absolute atomic E-state index is 14.0. The molecule has 7 atom stereocenters. The van der Waals surface area contributed by atoms with Gasteiger partial charge in [-0.1, -0.05) is 52.8 Å². The van der Waals surface area contributed by atoms with E-state index in [1.54, 1.807) is 24.9 Å². The Hall–Kier alpha value is -4.35. The molecule has 2 aliphatic carbocycles. The predicted molar refractivity (Wildman–Crippen MR) is 180 cm³/mol. The first kappa shape index (κ1) is 30.0. The molecule has 1 aromatic heterocycles. The average Bonchev–Trinajstić information content (AvgIpc) is 3.80. The number of benzene rings is 3. The van der Waals surface area contributed by atoms with Gasteiger partial charge in [0, 0.05) is 21.7 Å². The topological polar surface area (TPSA) is 118 Å². The van der Waals surface area contributed by atoms with Crippen LogP contribution in [0.5, 0.6) is 11.5 Å². The van der Waals surface area contributed by atoms with Crippen LogP contribution in [-0.4, -0.2) is 41.7 Å². The minimum Gasteiger partial charge on any atom is -0.493 e. The maximum atomic E-state index is 14.0. The monoisotopic (exact) mass is 667 g/mol. The number of hydrogen-bond donors (Lipinski definition) is 2. The van der Waals surface area contributed by atoms with Gasteiger partial charge in [0.1, 0.15) is 0 Å². The molecule has 240 valence electrons. The van der Waals surface area contributed by atoms with E-state index < -0.39 is 0 Å². The number of thiazole rings is 1. The van der Waals surface area contributed by atoms with Crippen molar-refractivity contribution in [3.63, 3.8) is 0 Å². The Morgan fingerprint density at radius 1 is 0.915 bits per heavy atom. The van der Waals surface area contributed by atoms with Crippen molar-refractivity contribution in [2.75, 3.05) is 23.9 Å². The number of hydrogen-bond acceptors (Lipinski definition) is 8. The fourth-order valence-corrected chi connectivity index (χ4v) is 11.2. The van der Waals surface area contributed by atoms with Crippen molar-refractivity contribution in [1.29, 1.82) is 0 Å². The number of nitrogens with zero attached hydrogens (tertiary/aromatic N) is 1. The largest absolute Gasteiger partial charge is 0.493 e. The molecule has 0 radical (unpaired) electrons. The SMILES string of the molecule is COc1cc([C@H]2c3sc(=O)[nH]c3SC3C4CC(C5C(=O)N(c6ccc(C)cc6)C(=O)C45)C32)ccc1OCC(=O)Nc1ccc(C)cc1. The first-order valence-electron chi connectivity index (χ1n) is 15.7. The quantitative estimate of drug-likeness (QED) is 0.241. The summed E-state index contributed by atoms with van der Waals surface area (Å²) in [5.41, 5.74) is 4.43. The summed E-state index contributed by atoms with van der Waals surface area (Å²) < 4.78 is 11.6. The molecule has 11 heteroatoms. The number of imide groups is 1. The lowest BCUT2D eigenvalue weighted by atomic mass is 9.68. The van der Waals surface area contributed by atoms with Crippen LogP contribution in [0.1, 0.15) is 33.9 Å². The second kappa shape index (κ2) is 11.4. The lowest BCUT2D eigenvalue weighted by molar-refractivity contribution is -0.123. The summed E-state index contributed by atoms with van der Waals surface area (Å²) in [7, 11) is 1.56. The van der Waals surface area contributed by atoms with Crippen LogP contribution >= 0.6 is 23.1 Å². The van der Waals surface area contributed by atoms with Gasteiger partial charge in [0.15, 0.2) is 18.1 Å². The van der Waals surface area contributed by atoms with Crippen LogP contribution < -0.4 is 24.6 Å². The maximum Gasteiger partial charge on any atom is 0.305 e. The van der Waals surface area contributed by atoms with E-state index >= 15 is 0 Å². The zero-order valence-corrected chi connectivity index (χ0v) is 27.7. The van der Waals surface area contributed by atoms with E-state index in [-0.39, 0.29) is 70.0 Å². The Morgan fingerprint density at radius 2 is 1.60 bits per heavy atom. The van der Waals surface area contributed by atoms with Crippen molar-refractivity contribution in [3.8, 4) is 11.5 Å². The summed E-state index contributed by atoms with van der Waals surface area (Å²) in [6.45, 7) is 3.77. The van der Waals surface area contributed by atoms with Crippen LogP contribution in [-0.2, 0) is 14.4 Å². The number of aryl methyl sites for hydroxylation is 2. The standard InChI is InChI=1S/C36H33N3O6S2/c1-17-4-9-20(10-5-17)37-26(40)16-45-24-13-8-19(14-25(24)44-3)27-28-22-15-23(31(28)46-33-32(27)47-36(43)38-33)30-29(22)34(41)39(35(30)42)21-11-6-18(2)7-12-21/h4-14,22-23,27-31H,15-16H2,1-3H3,(H,37,40)(H,38,43)/t22?,23?,27-,28?,29?,30?,31?/m1/s1. The second-order valence-electron chi connectivity index (χ2n) is 12.9. The first-order chi connectivity index (χ1) is 22.7. The Labute approximate surface area is 279 Å². The minimum atomic E-state index is -0.382. The zero-order chi connectivity index (χ0) is 32.6. The Kier molecular flexibility index (Phi) is 7.29. The highest BCUT2D eigenvalue weighted by Crippen LogP contribution is 2.68. The number of nitrogens with one attached hydrogen (secondary N) is 2. The van der Waals surface area contributed by atoms with Crippen LogP contribution in [0.15, 0.2) is 76.6 Å². The number of aromatic amines is 1. The number of aromatic nitrogens is 1. The lowest BCUT2D eigenvalue weighted by Crippen LogP contribution is -2.42. The normalized spacial score (nSPS) is 27.0. The molecule has 4 aromatic rings. The molecule has 9 nitrogen and oxygen atoms in total. The number of carbonyl (C=O) groups is 3. The van der Waals surface area contributed by atoms with Gasteiger partial charge in [0.25, 0.3) is 5.91 Å². The Balaban J connectivity index is 1.09. The summed E-state index contributed by atoms with van der Waals surface area (Å²) >= 11 is 2.87. The van der Waals surface area contributed by atoms with Crippen molar-refractivity contribution in [1.82, 2.24) is 4.98 Å². The molecule has 0 spiro atoms. The first-order valence-corrected chi connectivity index (χ1v) is 17.4. The molecular formula is C36H33N3O6S2. The van der Waals surface area contributed by atoms with E-state index in [4.69, 9.17) is 9.47 Å². The number of thioether (sulfide) groups is 1. The fraction of sp³-hybridized carbons (Fsp3) is 0.333. The summed E-state index contributed by atoms with van der Waals surface area (Å²) in [5.74, 6) is -0.430. The number of carbonyl (C=O) groups excluding carboxylic acids is 3. The smallest absolute Gasteiger partial charge is 0.305 e. The van der Waals surface area contributed by atoms with E-state index in [1.807, 2.05) is 74.5 Å². The minimum absolute atomic E-state index is 0.00265. The molecule has 47 heavy (non-hydrogen) atoms. The molecule has 2 N–H and O–H groups in total. The molecule has 2 saturated carbocycles. The van der Waals surface area contributed by atoms with Crippen LogP contribution in [0.25, 0.3) is 0 Å². The van der Waals surface area contributed by atoms with E-state index in [9.17, 15) is 19.2 Å². The van der Waals surface area contributed by atoms with E-state index in [2.05, 4.69) is 10.3 Å². The van der Waals surface area contributed by atoms with Gasteiger partial charge in [-0.25, -0.2) is 0 Å². The zero-order valence-electron chi connectivity index (χ0n) is 26.0. The number of H-pyrrole nitrogens is 1. The van der Waals surface area contributed by atoms with Crippen LogP contribution in [0.2, 0.25) is 0 Å². The summed E-state index contributed by atoms with van der Waals surface area (Å²) in [4.78, 5) is 58.5. The Morgan fingerprint density at radius 3 is 2.30 bits per heavy atom. The van der Waals surface area contributed by atoms with Crippen molar-refractivity contribution >= 4 is 52.2 Å². The molecule has 6 unspecified atom stereocenters. The molecule has 3 fully saturated rings. The molecule has 8 rings (SSSR count). The molecule has 3 heterocycles. The molecule has 4 aliphatic rings. The van der Waals surface area contributed by atoms with Gasteiger partial charge in [0.2, 0.25) is 11.8 Å². The highest BCUT2D eigenvalue weighted by atomic mass is 32.2. The van der Waals surface area contributed by atoms with Crippen molar-refractivity contribution < 1.29 is 23.9 Å². The number of methoxy groups -OCH3 is 1. The summed E-state index contributed by atoms with van der Waals surface area (Å²) in [5, 5.41) is 3.76. The van der Waals surface area contributed by atoms with Crippen LogP contribution in [0, 0.1) is 43.4 Å². The fourth-order valence-electron chi connectivity index (χ4n) is 8.31. The summed E-state index contributed by atoms with van der Waals surface area (Å²) in [6.07, 6.45) is 0.807. The van der Waals surface area contributed by atoms with Gasteiger partial charge in [-0.3, -0.25) is 24.1 Å². The van der Waals surface area contributed by atoms with Crippen LogP contribution in [0.4, 0.5) is 11.4 Å². The average molecular weight is 668 g/mol. The van der Waals surface area contributed by atoms with Gasteiger partial charge < -0.3 is 19.8 Å². The molecule has 2 aliphatic heterocycles. The number of amides is 3. The van der Waals surface area contributed by atoms with E-state index in [1.165, 1.54) is 16.2 Å². The van der Waals surface area contributed by atoms with Crippen molar-refractivity contribution in [2.45, 2.75) is 36.5 Å². The van der Waals surface area contributed by atoms with Gasteiger partial charge in [-0.05, 0) is 80.0 Å². The molecule has 2 bridgehead atoms. The second-order valence-corrected chi connectivity index (χ2v) is 15.1. The Bertz CT molecular complexity index is 1970. The van der Waals surface area contributed by atoms with E-state index in [0.29, 0.717) is 22.9 Å². The predicted octanol–water partition coefficient (Wildman–Crippen LogP) is 5.76. The van der Waals surface area contributed by atoms with Gasteiger partial charge in [-0.15, -0.1) is 11.8 Å². The molecule has 3 amide bonds. The van der Waals surface area contributed by atoms with Crippen molar-refractivity contribution in [2.24, 2.45) is 29.6 Å². The highest BCUT2D eigenvalue weighted by Gasteiger charge is 2.69. The van der Waals surface area contributed by atoms with Gasteiger partial charge in [-0.2, -0.15) is 0 Å². The number of anilines is 2. The molecular weight excluding hydrogens is 635 g/mol. The number of fused-ring (bicyclic) bond motifs is 9. The number of rotatable bonds is 7. The van der Waals surface area contributed by atoms with Gasteiger partial charge in [0.05, 0.1) is 29.7 Å². The number of ether oxygens (including phenoxy) is 2. The van der Waals surface area contributed by atoms with Crippen molar-refractivity contribution in [3.05, 3.63) is 98.0 Å². The van der Waals surface area contributed by atoms with E-state index in [0.717, 1.165) is 33.0 Å². The summed E-state index contributed by atoms with van der Waals surface area (Å²) in [6, 6.07) is 20.8.